The molecule has 94 valence electrons. The van der Waals surface area contributed by atoms with E-state index in [-0.39, 0.29) is 0 Å². The molecule has 0 bridgehead atoms. The molecule has 3 nitrogen and oxygen atoms in total. The van der Waals surface area contributed by atoms with Gasteiger partial charge in [0.2, 0.25) is 0 Å². The number of nitrogens with zero attached hydrogens (tertiary/aromatic N) is 1. The highest BCUT2D eigenvalue weighted by molar-refractivity contribution is 5.95. The molecule has 1 aromatic rings. The topological polar surface area (TPSA) is 42.0 Å². The molecule has 0 spiro atoms. The summed E-state index contributed by atoms with van der Waals surface area (Å²) in [6.07, 6.45) is -8.89. The Bertz CT molecular complexity index is 425. The Morgan fingerprint density at radius 2 is 1.76 bits per heavy atom. The quantitative estimate of drug-likeness (QED) is 0.786. The maximum Gasteiger partial charge on any atom is 0.471 e. The first kappa shape index (κ1) is 13.3. The standard InChI is InChI=1S/C8H4F6N2O/c9-7(10,11)4-1-2-15-3-5(4)16-6(17)8(12,13)14/h1-3H,(H,16,17). The Labute approximate surface area is 90.5 Å². The number of hydrogen-bond donors (Lipinski definition) is 1. The van der Waals surface area contributed by atoms with Crippen molar-refractivity contribution in [3.05, 3.63) is 24.0 Å². The van der Waals surface area contributed by atoms with Crippen LogP contribution in [0.5, 0.6) is 0 Å². The minimum atomic E-state index is -5.27. The van der Waals surface area contributed by atoms with Gasteiger partial charge < -0.3 is 5.32 Å². The van der Waals surface area contributed by atoms with Crippen molar-refractivity contribution >= 4 is 11.6 Å². The molecule has 0 saturated heterocycles. The summed E-state index contributed by atoms with van der Waals surface area (Å²) < 4.78 is 72.6. The zero-order valence-electron chi connectivity index (χ0n) is 7.86. The van der Waals surface area contributed by atoms with Crippen LogP contribution in [0.2, 0.25) is 0 Å². The number of rotatable bonds is 1. The van der Waals surface area contributed by atoms with Gasteiger partial charge in [-0.1, -0.05) is 0 Å². The van der Waals surface area contributed by atoms with Gasteiger partial charge in [-0.15, -0.1) is 0 Å². The van der Waals surface area contributed by atoms with Crippen molar-refractivity contribution in [2.24, 2.45) is 0 Å². The number of halogens is 6. The fraction of sp³-hybridized carbons (Fsp3) is 0.250. The highest BCUT2D eigenvalue weighted by Gasteiger charge is 2.41. The lowest BCUT2D eigenvalue weighted by Gasteiger charge is -2.13. The molecule has 0 aromatic carbocycles. The number of anilines is 1. The van der Waals surface area contributed by atoms with Crippen LogP contribution in [0, 0.1) is 0 Å². The first-order chi connectivity index (χ1) is 7.62. The maximum atomic E-state index is 12.3. The Morgan fingerprint density at radius 1 is 1.18 bits per heavy atom. The molecule has 0 saturated carbocycles. The number of carbonyl (C=O) groups is 1. The third kappa shape index (κ3) is 3.33. The first-order valence-electron chi connectivity index (χ1n) is 4.02. The van der Waals surface area contributed by atoms with Crippen LogP contribution in [0.25, 0.3) is 0 Å². The van der Waals surface area contributed by atoms with Crippen LogP contribution < -0.4 is 5.32 Å². The van der Waals surface area contributed by atoms with Crippen LogP contribution >= 0.6 is 0 Å². The number of amides is 1. The number of hydrogen-bond acceptors (Lipinski definition) is 2. The third-order valence-electron chi connectivity index (χ3n) is 1.63. The summed E-state index contributed by atoms with van der Waals surface area (Å²) >= 11 is 0. The van der Waals surface area contributed by atoms with Crippen LogP contribution in [0.15, 0.2) is 18.5 Å². The molecule has 17 heavy (non-hydrogen) atoms. The molecule has 1 N–H and O–H groups in total. The van der Waals surface area contributed by atoms with E-state index in [1.54, 1.807) is 0 Å². The van der Waals surface area contributed by atoms with Crippen LogP contribution in [0.1, 0.15) is 5.56 Å². The minimum absolute atomic E-state index is 0.464. The summed E-state index contributed by atoms with van der Waals surface area (Å²) in [7, 11) is 0. The highest BCUT2D eigenvalue weighted by atomic mass is 19.4. The molecule has 0 radical (unpaired) electrons. The monoisotopic (exact) mass is 258 g/mol. The van der Waals surface area contributed by atoms with Gasteiger partial charge in [0.15, 0.2) is 0 Å². The van der Waals surface area contributed by atoms with Gasteiger partial charge in [0.1, 0.15) is 0 Å². The largest absolute Gasteiger partial charge is 0.471 e. The molecule has 1 aromatic heterocycles. The summed E-state index contributed by atoms with van der Waals surface area (Å²) in [6, 6.07) is 0.464. The van der Waals surface area contributed by atoms with Gasteiger partial charge in [0.25, 0.3) is 0 Å². The fourth-order valence-corrected chi connectivity index (χ4v) is 0.934. The van der Waals surface area contributed by atoms with Crippen LogP contribution in [0.3, 0.4) is 0 Å². The number of nitrogens with one attached hydrogen (secondary N) is 1. The van der Waals surface area contributed by atoms with E-state index < -0.39 is 29.5 Å². The minimum Gasteiger partial charge on any atom is -0.316 e. The Morgan fingerprint density at radius 3 is 2.24 bits per heavy atom. The molecule has 9 heteroatoms. The van der Waals surface area contributed by atoms with E-state index in [2.05, 4.69) is 4.98 Å². The van der Waals surface area contributed by atoms with E-state index in [0.29, 0.717) is 12.3 Å². The summed E-state index contributed by atoms with van der Waals surface area (Å²) in [5.74, 6) is -2.49. The zero-order valence-corrected chi connectivity index (χ0v) is 7.86. The predicted molar refractivity (Wildman–Crippen MR) is 43.9 cm³/mol. The smallest absolute Gasteiger partial charge is 0.316 e. The molecule has 1 amide bonds. The third-order valence-corrected chi connectivity index (χ3v) is 1.63. The van der Waals surface area contributed by atoms with Crippen LogP contribution in [-0.4, -0.2) is 17.1 Å². The molecule has 0 aliphatic carbocycles. The average molecular weight is 258 g/mol. The van der Waals surface area contributed by atoms with Gasteiger partial charge in [-0.05, 0) is 6.07 Å². The van der Waals surface area contributed by atoms with Crippen molar-refractivity contribution in [1.29, 1.82) is 0 Å². The second-order valence-corrected chi connectivity index (χ2v) is 2.87. The maximum absolute atomic E-state index is 12.3. The number of aromatic nitrogens is 1. The summed E-state index contributed by atoms with van der Waals surface area (Å²) in [6.45, 7) is 0. The molecule has 0 aliphatic rings. The van der Waals surface area contributed by atoms with Crippen molar-refractivity contribution in [2.45, 2.75) is 12.4 Å². The van der Waals surface area contributed by atoms with Gasteiger partial charge in [0, 0.05) is 6.20 Å². The average Bonchev–Trinajstić information content (AvgIpc) is 2.15. The van der Waals surface area contributed by atoms with Crippen molar-refractivity contribution in [3.8, 4) is 0 Å². The summed E-state index contributed by atoms with van der Waals surface area (Å²) in [5.41, 5.74) is -2.44. The first-order valence-corrected chi connectivity index (χ1v) is 4.02. The van der Waals surface area contributed by atoms with Crippen molar-refractivity contribution in [2.75, 3.05) is 5.32 Å². The van der Waals surface area contributed by atoms with Gasteiger partial charge in [-0.25, -0.2) is 0 Å². The fourth-order valence-electron chi connectivity index (χ4n) is 0.934. The van der Waals surface area contributed by atoms with E-state index in [1.165, 1.54) is 0 Å². The van der Waals surface area contributed by atoms with E-state index in [9.17, 15) is 31.1 Å². The lowest BCUT2D eigenvalue weighted by Crippen LogP contribution is -2.31. The van der Waals surface area contributed by atoms with Gasteiger partial charge in [-0.2, -0.15) is 26.3 Å². The predicted octanol–water partition coefficient (Wildman–Crippen LogP) is 2.60. The second kappa shape index (κ2) is 4.22. The van der Waals surface area contributed by atoms with Gasteiger partial charge in [-0.3, -0.25) is 9.78 Å². The summed E-state index contributed by atoms with van der Waals surface area (Å²) in [5, 5.41) is 1.11. The van der Waals surface area contributed by atoms with E-state index in [4.69, 9.17) is 0 Å². The lowest BCUT2D eigenvalue weighted by atomic mass is 10.2. The van der Waals surface area contributed by atoms with E-state index in [1.807, 2.05) is 0 Å². The Hall–Kier alpha value is -1.80. The van der Waals surface area contributed by atoms with Crippen molar-refractivity contribution in [1.82, 2.24) is 4.98 Å². The Kier molecular flexibility index (Phi) is 3.30. The van der Waals surface area contributed by atoms with E-state index >= 15 is 0 Å². The number of carbonyl (C=O) groups excluding carboxylic acids is 1. The Balaban J connectivity index is 3.04. The van der Waals surface area contributed by atoms with Gasteiger partial charge >= 0.3 is 18.3 Å². The molecule has 1 heterocycles. The molecule has 0 fully saturated rings. The van der Waals surface area contributed by atoms with Crippen molar-refractivity contribution in [3.63, 3.8) is 0 Å². The second-order valence-electron chi connectivity index (χ2n) is 2.87. The number of pyridine rings is 1. The molecule has 0 atom stereocenters. The molecular formula is C8H4F6N2O. The van der Waals surface area contributed by atoms with E-state index in [0.717, 1.165) is 11.5 Å². The summed E-state index contributed by atoms with van der Waals surface area (Å²) in [4.78, 5) is 13.7. The normalized spacial score (nSPS) is 12.4. The van der Waals surface area contributed by atoms with Crippen LogP contribution in [0.4, 0.5) is 32.0 Å². The SMILES string of the molecule is O=C(Nc1cnccc1C(F)(F)F)C(F)(F)F. The zero-order chi connectivity index (χ0) is 13.3. The molecular weight excluding hydrogens is 254 g/mol. The highest BCUT2D eigenvalue weighted by Crippen LogP contribution is 2.34. The van der Waals surface area contributed by atoms with Crippen LogP contribution in [-0.2, 0) is 11.0 Å². The molecule has 0 aliphatic heterocycles. The number of alkyl halides is 6. The molecule has 0 unspecified atom stereocenters. The molecule has 1 rings (SSSR count). The van der Waals surface area contributed by atoms with Gasteiger partial charge in [0.05, 0.1) is 17.4 Å². The lowest BCUT2D eigenvalue weighted by molar-refractivity contribution is -0.167. The van der Waals surface area contributed by atoms with Crippen molar-refractivity contribution < 1.29 is 31.1 Å².